The van der Waals surface area contributed by atoms with Gasteiger partial charge in [-0.05, 0) is 0 Å². The van der Waals surface area contributed by atoms with Gasteiger partial charge in [0.25, 0.3) is 0 Å². The van der Waals surface area contributed by atoms with Crippen LogP contribution >= 0.6 is 0 Å². The average molecular weight is 247 g/mol. The SMILES string of the molecule is c1coc(-c2cc3ccccc3[se]2)c1. The molecule has 0 bridgehead atoms. The number of hydrogen-bond acceptors (Lipinski definition) is 1. The number of rotatable bonds is 1. The Morgan fingerprint density at radius 2 is 1.93 bits per heavy atom. The van der Waals surface area contributed by atoms with Crippen LogP contribution in [0, 0.1) is 0 Å². The normalized spacial score (nSPS) is 10.9. The summed E-state index contributed by atoms with van der Waals surface area (Å²) in [4.78, 5) is 0. The van der Waals surface area contributed by atoms with Gasteiger partial charge in [0.2, 0.25) is 0 Å². The Morgan fingerprint density at radius 3 is 2.71 bits per heavy atom. The van der Waals surface area contributed by atoms with Gasteiger partial charge < -0.3 is 0 Å². The molecule has 14 heavy (non-hydrogen) atoms. The molecule has 0 amide bonds. The van der Waals surface area contributed by atoms with Gasteiger partial charge in [-0.2, -0.15) is 0 Å². The molecule has 0 N–H and O–H groups in total. The molecule has 3 rings (SSSR count). The number of hydrogen-bond donors (Lipinski definition) is 0. The topological polar surface area (TPSA) is 13.1 Å². The van der Waals surface area contributed by atoms with E-state index in [-0.39, 0.29) is 0 Å². The van der Waals surface area contributed by atoms with Crippen molar-refractivity contribution in [1.29, 1.82) is 0 Å². The maximum absolute atomic E-state index is 5.40. The van der Waals surface area contributed by atoms with Crippen molar-refractivity contribution in [2.45, 2.75) is 0 Å². The first kappa shape index (κ1) is 8.10. The van der Waals surface area contributed by atoms with Crippen molar-refractivity contribution < 1.29 is 4.42 Å². The van der Waals surface area contributed by atoms with Crippen LogP contribution in [0.1, 0.15) is 0 Å². The van der Waals surface area contributed by atoms with Crippen LogP contribution < -0.4 is 0 Å². The fourth-order valence-electron chi connectivity index (χ4n) is 1.52. The predicted octanol–water partition coefficient (Wildman–Crippen LogP) is 3.16. The minimum atomic E-state index is 0.411. The monoisotopic (exact) mass is 248 g/mol. The quantitative estimate of drug-likeness (QED) is 0.602. The molecule has 0 saturated carbocycles. The average Bonchev–Trinajstić information content (AvgIpc) is 2.86. The molecular formula is C12H8OSe. The molecular weight excluding hydrogens is 239 g/mol. The molecule has 68 valence electrons. The molecule has 1 aromatic carbocycles. The molecule has 2 heteroatoms. The van der Waals surface area contributed by atoms with Gasteiger partial charge in [0.15, 0.2) is 0 Å². The molecule has 0 radical (unpaired) electrons. The zero-order valence-corrected chi connectivity index (χ0v) is 9.15. The van der Waals surface area contributed by atoms with Gasteiger partial charge >= 0.3 is 87.5 Å². The third-order valence-electron chi connectivity index (χ3n) is 2.19. The van der Waals surface area contributed by atoms with Gasteiger partial charge in [-0.1, -0.05) is 0 Å². The Labute approximate surface area is 87.7 Å². The molecule has 0 saturated heterocycles. The molecule has 0 aliphatic heterocycles. The van der Waals surface area contributed by atoms with E-state index in [1.165, 1.54) is 14.1 Å². The Balaban J connectivity index is 2.24. The number of fused-ring (bicyclic) bond motifs is 1. The van der Waals surface area contributed by atoms with Crippen LogP contribution in [0.5, 0.6) is 0 Å². The second-order valence-corrected chi connectivity index (χ2v) is 5.40. The molecule has 0 atom stereocenters. The summed E-state index contributed by atoms with van der Waals surface area (Å²) in [5.41, 5.74) is 0. The number of furan rings is 1. The van der Waals surface area contributed by atoms with Crippen molar-refractivity contribution in [3.63, 3.8) is 0 Å². The van der Waals surface area contributed by atoms with Gasteiger partial charge in [0.1, 0.15) is 0 Å². The molecule has 0 aliphatic carbocycles. The molecule has 2 heterocycles. The van der Waals surface area contributed by atoms with Gasteiger partial charge in [0.05, 0.1) is 0 Å². The van der Waals surface area contributed by atoms with Crippen LogP contribution in [-0.2, 0) is 0 Å². The fraction of sp³-hybridized carbons (Fsp3) is 0. The van der Waals surface area contributed by atoms with Crippen LogP contribution in [0.4, 0.5) is 0 Å². The van der Waals surface area contributed by atoms with Crippen molar-refractivity contribution in [3.05, 3.63) is 48.7 Å². The summed E-state index contributed by atoms with van der Waals surface area (Å²) in [6.07, 6.45) is 1.73. The molecule has 0 unspecified atom stereocenters. The Hall–Kier alpha value is -1.24. The Morgan fingerprint density at radius 1 is 1.00 bits per heavy atom. The minimum absolute atomic E-state index is 0.411. The molecule has 0 fully saturated rings. The maximum atomic E-state index is 5.40. The fourth-order valence-corrected chi connectivity index (χ4v) is 3.69. The third-order valence-corrected chi connectivity index (χ3v) is 4.56. The first-order valence-electron chi connectivity index (χ1n) is 4.46. The predicted molar refractivity (Wildman–Crippen MR) is 58.6 cm³/mol. The molecule has 1 nitrogen and oxygen atoms in total. The first-order chi connectivity index (χ1) is 6.93. The zero-order valence-electron chi connectivity index (χ0n) is 7.44. The van der Waals surface area contributed by atoms with Crippen LogP contribution in [0.2, 0.25) is 0 Å². The summed E-state index contributed by atoms with van der Waals surface area (Å²) in [5.74, 6) is 1.02. The second-order valence-electron chi connectivity index (χ2n) is 3.13. The van der Waals surface area contributed by atoms with E-state index >= 15 is 0 Å². The second kappa shape index (κ2) is 3.16. The third kappa shape index (κ3) is 1.24. The van der Waals surface area contributed by atoms with Gasteiger partial charge in [-0.25, -0.2) is 0 Å². The van der Waals surface area contributed by atoms with E-state index in [2.05, 4.69) is 30.3 Å². The van der Waals surface area contributed by atoms with Crippen molar-refractivity contribution in [1.82, 2.24) is 0 Å². The van der Waals surface area contributed by atoms with E-state index in [1.807, 2.05) is 12.1 Å². The van der Waals surface area contributed by atoms with E-state index in [9.17, 15) is 0 Å². The first-order valence-corrected chi connectivity index (χ1v) is 6.17. The summed E-state index contributed by atoms with van der Waals surface area (Å²) >= 11 is 0.411. The molecule has 0 spiro atoms. The van der Waals surface area contributed by atoms with Crippen molar-refractivity contribution in [2.24, 2.45) is 0 Å². The summed E-state index contributed by atoms with van der Waals surface area (Å²) in [6, 6.07) is 14.7. The van der Waals surface area contributed by atoms with E-state index in [0.29, 0.717) is 14.5 Å². The van der Waals surface area contributed by atoms with E-state index in [4.69, 9.17) is 4.42 Å². The van der Waals surface area contributed by atoms with Crippen molar-refractivity contribution >= 4 is 24.1 Å². The Bertz CT molecular complexity index is 515. The molecule has 3 aromatic rings. The van der Waals surface area contributed by atoms with E-state index in [1.54, 1.807) is 6.26 Å². The van der Waals surface area contributed by atoms with E-state index in [0.717, 1.165) is 5.76 Å². The molecule has 2 aromatic heterocycles. The summed E-state index contributed by atoms with van der Waals surface area (Å²) in [6.45, 7) is 0. The Kier molecular flexibility index (Phi) is 1.83. The molecule has 0 aliphatic rings. The van der Waals surface area contributed by atoms with Gasteiger partial charge in [-0.15, -0.1) is 0 Å². The van der Waals surface area contributed by atoms with Crippen LogP contribution in [0.25, 0.3) is 19.8 Å². The van der Waals surface area contributed by atoms with Crippen LogP contribution in [0.3, 0.4) is 0 Å². The van der Waals surface area contributed by atoms with E-state index < -0.39 is 0 Å². The zero-order chi connectivity index (χ0) is 9.38. The van der Waals surface area contributed by atoms with Crippen LogP contribution in [0.15, 0.2) is 53.1 Å². The van der Waals surface area contributed by atoms with Crippen molar-refractivity contribution in [2.75, 3.05) is 0 Å². The van der Waals surface area contributed by atoms with Gasteiger partial charge in [-0.3, -0.25) is 0 Å². The summed E-state index contributed by atoms with van der Waals surface area (Å²) in [5, 5.41) is 1.35. The summed E-state index contributed by atoms with van der Waals surface area (Å²) in [7, 11) is 0. The standard InChI is InChI=1S/C12H8OSe/c1-2-6-11-9(4-1)8-12(14-11)10-5-3-7-13-10/h1-8H. The van der Waals surface area contributed by atoms with Crippen LogP contribution in [-0.4, -0.2) is 14.5 Å². The van der Waals surface area contributed by atoms with Gasteiger partial charge in [0, 0.05) is 0 Å². The number of benzene rings is 1. The summed E-state index contributed by atoms with van der Waals surface area (Å²) < 4.78 is 8.18. The van der Waals surface area contributed by atoms with Crippen molar-refractivity contribution in [3.8, 4) is 10.2 Å².